The Hall–Kier alpha value is -1.03. The lowest BCUT2D eigenvalue weighted by Crippen LogP contribution is -2.33. The number of hydrogen-bond acceptors (Lipinski definition) is 2. The van der Waals surface area contributed by atoms with Crippen molar-refractivity contribution >= 4 is 23.4 Å². The first-order valence-electron chi connectivity index (χ1n) is 7.03. The normalized spacial score (nSPS) is 12.3. The summed E-state index contributed by atoms with van der Waals surface area (Å²) in [7, 11) is 0. The van der Waals surface area contributed by atoms with E-state index in [0.29, 0.717) is 6.04 Å². The zero-order valence-corrected chi connectivity index (χ0v) is 13.6. The van der Waals surface area contributed by atoms with Crippen LogP contribution in [0.3, 0.4) is 0 Å². The van der Waals surface area contributed by atoms with E-state index in [2.05, 4.69) is 18.3 Å². The predicted octanol–water partition coefficient (Wildman–Crippen LogP) is 4.79. The lowest BCUT2D eigenvalue weighted by atomic mass is 10.1. The summed E-state index contributed by atoms with van der Waals surface area (Å²) in [6.45, 7) is 3.01. The molecule has 0 amide bonds. The van der Waals surface area contributed by atoms with Crippen LogP contribution in [-0.2, 0) is 6.42 Å². The van der Waals surface area contributed by atoms with Gasteiger partial charge in [0, 0.05) is 21.7 Å². The van der Waals surface area contributed by atoms with Crippen LogP contribution >= 0.6 is 23.4 Å². The molecule has 2 aromatic rings. The van der Waals surface area contributed by atoms with E-state index in [1.54, 1.807) is 23.9 Å². The second-order valence-corrected chi connectivity index (χ2v) is 6.39. The molecule has 4 heteroatoms. The number of hydrogen-bond donors (Lipinski definition) is 1. The molecule has 2 aromatic carbocycles. The highest BCUT2D eigenvalue weighted by Crippen LogP contribution is 2.21. The first-order chi connectivity index (χ1) is 10.2. The molecule has 0 saturated heterocycles. The molecular weight excluding hydrogens is 305 g/mol. The SMILES string of the molecule is CCNC(CSc1cccc(F)c1)Cc1cccc(Cl)c1. The lowest BCUT2D eigenvalue weighted by molar-refractivity contribution is 0.572. The lowest BCUT2D eigenvalue weighted by Gasteiger charge is -2.18. The third kappa shape index (κ3) is 5.70. The summed E-state index contributed by atoms with van der Waals surface area (Å²) in [6.07, 6.45) is 0.913. The molecule has 0 spiro atoms. The number of benzene rings is 2. The summed E-state index contributed by atoms with van der Waals surface area (Å²) in [5.41, 5.74) is 1.22. The van der Waals surface area contributed by atoms with Crippen molar-refractivity contribution in [3.05, 3.63) is 64.9 Å². The molecule has 112 valence electrons. The maximum Gasteiger partial charge on any atom is 0.124 e. The Kier molecular flexibility index (Phi) is 6.55. The first kappa shape index (κ1) is 16.3. The highest BCUT2D eigenvalue weighted by Gasteiger charge is 2.10. The standard InChI is InChI=1S/C17H19ClFNS/c1-2-20-16(10-13-5-3-6-14(18)9-13)12-21-17-8-4-7-15(19)11-17/h3-9,11,16,20H,2,10,12H2,1H3. The summed E-state index contributed by atoms with van der Waals surface area (Å²) >= 11 is 7.70. The Labute approximate surface area is 134 Å². The van der Waals surface area contributed by atoms with E-state index < -0.39 is 0 Å². The van der Waals surface area contributed by atoms with Crippen LogP contribution in [0.4, 0.5) is 4.39 Å². The van der Waals surface area contributed by atoms with Crippen molar-refractivity contribution in [2.24, 2.45) is 0 Å². The largest absolute Gasteiger partial charge is 0.313 e. The van der Waals surface area contributed by atoms with Crippen molar-refractivity contribution in [3.8, 4) is 0 Å². The van der Waals surface area contributed by atoms with Crippen LogP contribution in [0.1, 0.15) is 12.5 Å². The highest BCUT2D eigenvalue weighted by atomic mass is 35.5. The highest BCUT2D eigenvalue weighted by molar-refractivity contribution is 7.99. The van der Waals surface area contributed by atoms with Crippen LogP contribution in [0.15, 0.2) is 53.4 Å². The van der Waals surface area contributed by atoms with E-state index in [1.807, 2.05) is 24.3 Å². The number of nitrogens with one attached hydrogen (secondary N) is 1. The van der Waals surface area contributed by atoms with Crippen LogP contribution < -0.4 is 5.32 Å². The van der Waals surface area contributed by atoms with Gasteiger partial charge in [0.25, 0.3) is 0 Å². The molecule has 0 saturated carbocycles. The van der Waals surface area contributed by atoms with Crippen LogP contribution in [0.25, 0.3) is 0 Å². The Morgan fingerprint density at radius 1 is 1.19 bits per heavy atom. The summed E-state index contributed by atoms with van der Waals surface area (Å²) in [5, 5.41) is 4.24. The third-order valence-electron chi connectivity index (χ3n) is 3.11. The molecular formula is C17H19ClFNS. The van der Waals surface area contributed by atoms with E-state index in [9.17, 15) is 4.39 Å². The quantitative estimate of drug-likeness (QED) is 0.735. The number of halogens is 2. The van der Waals surface area contributed by atoms with Gasteiger partial charge in [-0.3, -0.25) is 0 Å². The van der Waals surface area contributed by atoms with E-state index in [4.69, 9.17) is 11.6 Å². The van der Waals surface area contributed by atoms with Crippen molar-refractivity contribution in [3.63, 3.8) is 0 Å². The number of rotatable bonds is 7. The number of likely N-dealkylation sites (N-methyl/N-ethyl adjacent to an activating group) is 1. The van der Waals surface area contributed by atoms with Crippen molar-refractivity contribution in [2.75, 3.05) is 12.3 Å². The van der Waals surface area contributed by atoms with Gasteiger partial charge in [0.15, 0.2) is 0 Å². The zero-order valence-electron chi connectivity index (χ0n) is 12.0. The fraction of sp³-hybridized carbons (Fsp3) is 0.294. The molecule has 0 radical (unpaired) electrons. The van der Waals surface area contributed by atoms with E-state index in [-0.39, 0.29) is 5.82 Å². The predicted molar refractivity (Wildman–Crippen MR) is 89.7 cm³/mol. The average molecular weight is 324 g/mol. The van der Waals surface area contributed by atoms with Gasteiger partial charge in [-0.05, 0) is 48.9 Å². The van der Waals surface area contributed by atoms with Crippen LogP contribution in [0.5, 0.6) is 0 Å². The molecule has 1 nitrogen and oxygen atoms in total. The van der Waals surface area contributed by atoms with Gasteiger partial charge in [0.1, 0.15) is 5.82 Å². The van der Waals surface area contributed by atoms with E-state index in [1.165, 1.54) is 11.6 Å². The molecule has 0 fully saturated rings. The van der Waals surface area contributed by atoms with Crippen molar-refractivity contribution in [1.82, 2.24) is 5.32 Å². The molecule has 0 aliphatic heterocycles. The first-order valence-corrected chi connectivity index (χ1v) is 8.40. The maximum atomic E-state index is 13.2. The van der Waals surface area contributed by atoms with Crippen molar-refractivity contribution < 1.29 is 4.39 Å². The fourth-order valence-electron chi connectivity index (χ4n) is 2.18. The minimum absolute atomic E-state index is 0.185. The molecule has 1 N–H and O–H groups in total. The monoisotopic (exact) mass is 323 g/mol. The smallest absolute Gasteiger partial charge is 0.124 e. The van der Waals surface area contributed by atoms with Gasteiger partial charge >= 0.3 is 0 Å². The topological polar surface area (TPSA) is 12.0 Å². The van der Waals surface area contributed by atoms with Gasteiger partial charge in [0.2, 0.25) is 0 Å². The Morgan fingerprint density at radius 2 is 2.00 bits per heavy atom. The zero-order chi connectivity index (χ0) is 15.1. The molecule has 1 atom stereocenters. The summed E-state index contributed by atoms with van der Waals surface area (Å²) in [6, 6.07) is 15.0. The average Bonchev–Trinajstić information content (AvgIpc) is 2.45. The van der Waals surface area contributed by atoms with Crippen LogP contribution in [-0.4, -0.2) is 18.3 Å². The third-order valence-corrected chi connectivity index (χ3v) is 4.50. The summed E-state index contributed by atoms with van der Waals surface area (Å²) < 4.78 is 13.2. The second-order valence-electron chi connectivity index (χ2n) is 4.86. The van der Waals surface area contributed by atoms with Crippen molar-refractivity contribution in [1.29, 1.82) is 0 Å². The van der Waals surface area contributed by atoms with Gasteiger partial charge in [0.05, 0.1) is 0 Å². The van der Waals surface area contributed by atoms with Gasteiger partial charge in [-0.25, -0.2) is 4.39 Å². The Bertz CT molecular complexity index is 576. The molecule has 0 bridgehead atoms. The van der Waals surface area contributed by atoms with Gasteiger partial charge < -0.3 is 5.32 Å². The minimum atomic E-state index is -0.185. The second kappa shape index (κ2) is 8.42. The van der Waals surface area contributed by atoms with Gasteiger partial charge in [-0.2, -0.15) is 0 Å². The van der Waals surface area contributed by atoms with Gasteiger partial charge in [-0.15, -0.1) is 11.8 Å². The molecule has 0 aromatic heterocycles. The fourth-order valence-corrected chi connectivity index (χ4v) is 3.39. The number of thioether (sulfide) groups is 1. The maximum absolute atomic E-state index is 13.2. The molecule has 0 heterocycles. The van der Waals surface area contributed by atoms with Crippen molar-refractivity contribution in [2.45, 2.75) is 24.3 Å². The van der Waals surface area contributed by atoms with Crippen LogP contribution in [0.2, 0.25) is 5.02 Å². The molecule has 21 heavy (non-hydrogen) atoms. The minimum Gasteiger partial charge on any atom is -0.313 e. The Morgan fingerprint density at radius 3 is 2.71 bits per heavy atom. The summed E-state index contributed by atoms with van der Waals surface area (Å²) in [5.74, 6) is 0.707. The van der Waals surface area contributed by atoms with Crippen LogP contribution in [0, 0.1) is 5.82 Å². The van der Waals surface area contributed by atoms with E-state index >= 15 is 0 Å². The summed E-state index contributed by atoms with van der Waals surface area (Å²) in [4.78, 5) is 0.962. The Balaban J connectivity index is 1.95. The molecule has 0 aliphatic carbocycles. The molecule has 1 unspecified atom stereocenters. The van der Waals surface area contributed by atoms with E-state index in [0.717, 1.165) is 28.6 Å². The molecule has 0 aliphatic rings. The molecule has 2 rings (SSSR count). The van der Waals surface area contributed by atoms with Gasteiger partial charge in [-0.1, -0.05) is 36.7 Å².